The highest BCUT2D eigenvalue weighted by molar-refractivity contribution is 5.62. The fourth-order valence-electron chi connectivity index (χ4n) is 5.48. The molecule has 2 aliphatic carbocycles. The van der Waals surface area contributed by atoms with Gasteiger partial charge in [0.15, 0.2) is 0 Å². The second-order valence-corrected chi connectivity index (χ2v) is 7.38. The van der Waals surface area contributed by atoms with Crippen LogP contribution in [0.1, 0.15) is 23.1 Å². The lowest BCUT2D eigenvalue weighted by Crippen LogP contribution is -2.75. The number of aliphatic hydroxyl groups excluding tert-OH is 2. The average Bonchev–Trinajstić information content (AvgIpc) is 2.90. The Balaban J connectivity index is 1.87. The molecule has 2 bridgehead atoms. The predicted molar refractivity (Wildman–Crippen MR) is 83.3 cm³/mol. The van der Waals surface area contributed by atoms with E-state index in [1.54, 1.807) is 12.2 Å². The second-order valence-electron chi connectivity index (χ2n) is 7.38. The summed E-state index contributed by atoms with van der Waals surface area (Å²) in [6.45, 7) is 0.756. The zero-order chi connectivity index (χ0) is 16.0. The summed E-state index contributed by atoms with van der Waals surface area (Å²) in [6.07, 6.45) is 3.71. The van der Waals surface area contributed by atoms with Gasteiger partial charge in [0.05, 0.1) is 12.0 Å². The molecule has 1 fully saturated rings. The number of ether oxygens (including phenoxy) is 1. The molecule has 1 aromatic carbocycles. The Labute approximate surface area is 134 Å². The number of piperidine rings is 1. The molecule has 4 aliphatic rings. The third kappa shape index (κ3) is 1.35. The standard InChI is InChI=1S/C18H21NO4/c1-19-7-6-17-14-10-2-3-11(9-20)15(14)23-16(17)12(21)4-5-18(17,22)13(19)8-10/h2-5,12-13,16,20-22H,6-9H2,1H3/t12?,13?,16?,17?,18-/m1/s1. The first-order chi connectivity index (χ1) is 11.0. The molecule has 4 unspecified atom stereocenters. The first-order valence-electron chi connectivity index (χ1n) is 8.26. The molecule has 1 saturated heterocycles. The lowest BCUT2D eigenvalue weighted by Gasteiger charge is -2.61. The van der Waals surface area contributed by atoms with Crippen molar-refractivity contribution in [2.24, 2.45) is 0 Å². The zero-order valence-electron chi connectivity index (χ0n) is 13.1. The first kappa shape index (κ1) is 14.0. The van der Waals surface area contributed by atoms with Crippen LogP contribution in [0.15, 0.2) is 24.3 Å². The van der Waals surface area contributed by atoms with E-state index in [2.05, 4.69) is 4.90 Å². The van der Waals surface area contributed by atoms with Gasteiger partial charge in [-0.2, -0.15) is 0 Å². The van der Waals surface area contributed by atoms with Crippen LogP contribution in [0.25, 0.3) is 0 Å². The monoisotopic (exact) mass is 315 g/mol. The van der Waals surface area contributed by atoms with E-state index in [-0.39, 0.29) is 12.6 Å². The summed E-state index contributed by atoms with van der Waals surface area (Å²) >= 11 is 0. The molecule has 0 amide bonds. The number of likely N-dealkylation sites (N-methyl/N-ethyl adjacent to an activating group) is 1. The maximum absolute atomic E-state index is 11.7. The zero-order valence-corrected chi connectivity index (χ0v) is 13.1. The van der Waals surface area contributed by atoms with Gasteiger partial charge in [0.2, 0.25) is 0 Å². The fourth-order valence-corrected chi connectivity index (χ4v) is 5.48. The molecule has 23 heavy (non-hydrogen) atoms. The van der Waals surface area contributed by atoms with E-state index < -0.39 is 23.2 Å². The summed E-state index contributed by atoms with van der Waals surface area (Å²) in [7, 11) is 2.05. The Kier molecular flexibility index (Phi) is 2.53. The van der Waals surface area contributed by atoms with E-state index in [1.807, 2.05) is 19.2 Å². The van der Waals surface area contributed by atoms with Gasteiger partial charge in [0.25, 0.3) is 0 Å². The van der Waals surface area contributed by atoms with Gasteiger partial charge in [0, 0.05) is 17.2 Å². The normalized spacial score (nSPS) is 43.2. The van der Waals surface area contributed by atoms with Crippen molar-refractivity contribution >= 4 is 0 Å². The molecule has 1 aromatic rings. The highest BCUT2D eigenvalue weighted by Gasteiger charge is 2.71. The molecule has 2 heterocycles. The van der Waals surface area contributed by atoms with Crippen molar-refractivity contribution in [3.05, 3.63) is 41.0 Å². The van der Waals surface area contributed by atoms with Crippen molar-refractivity contribution < 1.29 is 20.1 Å². The molecular weight excluding hydrogens is 294 g/mol. The topological polar surface area (TPSA) is 73.2 Å². The van der Waals surface area contributed by atoms with Crippen LogP contribution < -0.4 is 4.74 Å². The predicted octanol–water partition coefficient (Wildman–Crippen LogP) is 0.0997. The lowest BCUT2D eigenvalue weighted by atomic mass is 9.50. The summed E-state index contributed by atoms with van der Waals surface area (Å²) in [5, 5.41) is 31.9. The Morgan fingerprint density at radius 2 is 2.22 bits per heavy atom. The van der Waals surface area contributed by atoms with Crippen LogP contribution in [-0.2, 0) is 18.4 Å². The molecule has 5 atom stereocenters. The van der Waals surface area contributed by atoms with E-state index in [4.69, 9.17) is 4.74 Å². The van der Waals surface area contributed by atoms with E-state index in [1.165, 1.54) is 5.56 Å². The molecule has 5 heteroatoms. The minimum Gasteiger partial charge on any atom is -0.486 e. The minimum absolute atomic E-state index is 0.0236. The van der Waals surface area contributed by atoms with Crippen LogP contribution in [0.4, 0.5) is 0 Å². The van der Waals surface area contributed by atoms with Crippen molar-refractivity contribution in [2.75, 3.05) is 13.6 Å². The molecule has 0 aromatic heterocycles. The highest BCUT2D eigenvalue weighted by Crippen LogP contribution is 2.62. The molecule has 5 nitrogen and oxygen atoms in total. The Morgan fingerprint density at radius 1 is 1.39 bits per heavy atom. The molecule has 5 rings (SSSR count). The van der Waals surface area contributed by atoms with E-state index >= 15 is 0 Å². The second kappa shape index (κ2) is 4.16. The van der Waals surface area contributed by atoms with Gasteiger partial charge in [-0.3, -0.25) is 4.90 Å². The van der Waals surface area contributed by atoms with Crippen molar-refractivity contribution in [1.29, 1.82) is 0 Å². The van der Waals surface area contributed by atoms with Crippen LogP contribution in [0.2, 0.25) is 0 Å². The fraction of sp³-hybridized carbons (Fsp3) is 0.556. The quantitative estimate of drug-likeness (QED) is 0.641. The summed E-state index contributed by atoms with van der Waals surface area (Å²) in [5.74, 6) is 0.680. The number of rotatable bonds is 1. The van der Waals surface area contributed by atoms with Crippen molar-refractivity contribution in [3.8, 4) is 5.75 Å². The molecule has 3 N–H and O–H groups in total. The number of aliphatic hydroxyl groups is 3. The first-order valence-corrected chi connectivity index (χ1v) is 8.26. The van der Waals surface area contributed by atoms with Gasteiger partial charge in [-0.05, 0) is 32.0 Å². The van der Waals surface area contributed by atoms with Crippen molar-refractivity contribution in [1.82, 2.24) is 4.90 Å². The molecule has 0 saturated carbocycles. The van der Waals surface area contributed by atoms with Crippen LogP contribution in [0.5, 0.6) is 5.75 Å². The molecular formula is C18H21NO4. The molecule has 122 valence electrons. The maximum atomic E-state index is 11.7. The van der Waals surface area contributed by atoms with Gasteiger partial charge in [-0.15, -0.1) is 0 Å². The van der Waals surface area contributed by atoms with E-state index in [0.717, 1.165) is 30.5 Å². The molecule has 0 radical (unpaired) electrons. The van der Waals surface area contributed by atoms with Crippen molar-refractivity contribution in [3.63, 3.8) is 0 Å². The SMILES string of the molecule is CN1CCC23c4c5ccc(CO)c4OC2C(O)C=C[C@@]3(O)C1C5. The van der Waals surface area contributed by atoms with Gasteiger partial charge < -0.3 is 20.1 Å². The summed E-state index contributed by atoms with van der Waals surface area (Å²) in [6, 6.07) is 3.93. The number of nitrogens with zero attached hydrogens (tertiary/aromatic N) is 1. The van der Waals surface area contributed by atoms with Crippen LogP contribution in [-0.4, -0.2) is 57.7 Å². The average molecular weight is 315 g/mol. The third-order valence-electron chi connectivity index (χ3n) is 6.56. The smallest absolute Gasteiger partial charge is 0.141 e. The molecule has 1 spiro atoms. The van der Waals surface area contributed by atoms with Crippen LogP contribution >= 0.6 is 0 Å². The van der Waals surface area contributed by atoms with Crippen molar-refractivity contribution in [2.45, 2.75) is 48.7 Å². The Hall–Kier alpha value is -1.40. The summed E-state index contributed by atoms with van der Waals surface area (Å²) < 4.78 is 6.17. The number of benzene rings is 1. The minimum atomic E-state index is -1.05. The largest absolute Gasteiger partial charge is 0.486 e. The third-order valence-corrected chi connectivity index (χ3v) is 6.56. The van der Waals surface area contributed by atoms with Gasteiger partial charge in [0.1, 0.15) is 23.6 Å². The Bertz CT molecular complexity index is 732. The van der Waals surface area contributed by atoms with E-state index in [9.17, 15) is 15.3 Å². The Morgan fingerprint density at radius 3 is 3.00 bits per heavy atom. The van der Waals surface area contributed by atoms with Gasteiger partial charge >= 0.3 is 0 Å². The number of likely N-dealkylation sites (tertiary alicyclic amines) is 1. The highest BCUT2D eigenvalue weighted by atomic mass is 16.5. The van der Waals surface area contributed by atoms with E-state index in [0.29, 0.717) is 5.75 Å². The number of hydrogen-bond acceptors (Lipinski definition) is 5. The summed E-state index contributed by atoms with van der Waals surface area (Å²) in [5.41, 5.74) is 1.26. The van der Waals surface area contributed by atoms with Crippen LogP contribution in [0.3, 0.4) is 0 Å². The molecule has 2 aliphatic heterocycles. The van der Waals surface area contributed by atoms with Gasteiger partial charge in [-0.25, -0.2) is 0 Å². The summed E-state index contributed by atoms with van der Waals surface area (Å²) in [4.78, 5) is 2.21. The lowest BCUT2D eigenvalue weighted by molar-refractivity contribution is -0.151. The maximum Gasteiger partial charge on any atom is 0.141 e. The number of hydrogen-bond donors (Lipinski definition) is 3. The van der Waals surface area contributed by atoms with Crippen LogP contribution in [0, 0.1) is 0 Å². The van der Waals surface area contributed by atoms with Gasteiger partial charge in [-0.1, -0.05) is 24.3 Å².